The summed E-state index contributed by atoms with van der Waals surface area (Å²) in [5, 5.41) is 9.53. The number of aliphatic hydroxyl groups excluding tert-OH is 1. The van der Waals surface area contributed by atoms with Crippen LogP contribution in [0.25, 0.3) is 0 Å². The zero-order valence-electron chi connectivity index (χ0n) is 10.9. The Morgan fingerprint density at radius 2 is 1.88 bits per heavy atom. The van der Waals surface area contributed by atoms with Crippen LogP contribution < -0.4 is 9.47 Å². The topological polar surface area (TPSA) is 38.7 Å². The molecule has 0 radical (unpaired) electrons. The van der Waals surface area contributed by atoms with Crippen LogP contribution in [0.15, 0.2) is 10.5 Å². The van der Waals surface area contributed by atoms with Crippen molar-refractivity contribution in [2.24, 2.45) is 0 Å². The van der Waals surface area contributed by atoms with Crippen molar-refractivity contribution in [1.82, 2.24) is 0 Å². The van der Waals surface area contributed by atoms with Gasteiger partial charge in [-0.2, -0.15) is 0 Å². The number of hydrogen-bond donors (Lipinski definition) is 1. The number of rotatable bonds is 4. The van der Waals surface area contributed by atoms with Gasteiger partial charge in [0.15, 0.2) is 11.5 Å². The number of aryl methyl sites for hydroxylation is 1. The van der Waals surface area contributed by atoms with Gasteiger partial charge in [0.1, 0.15) is 0 Å². The Hall–Kier alpha value is -0.740. The summed E-state index contributed by atoms with van der Waals surface area (Å²) in [6, 6.07) is 1.92. The van der Waals surface area contributed by atoms with Crippen molar-refractivity contribution in [2.45, 2.75) is 26.2 Å². The van der Waals surface area contributed by atoms with Crippen LogP contribution in [-0.4, -0.2) is 25.9 Å². The molecule has 0 aliphatic heterocycles. The largest absolute Gasteiger partial charge is 0.493 e. The van der Waals surface area contributed by atoms with E-state index in [1.807, 2.05) is 26.8 Å². The normalized spacial score (nSPS) is 11.5. The van der Waals surface area contributed by atoms with Gasteiger partial charge < -0.3 is 14.6 Å². The van der Waals surface area contributed by atoms with Crippen LogP contribution in [0.5, 0.6) is 11.5 Å². The van der Waals surface area contributed by atoms with Gasteiger partial charge in [-0.05, 0) is 18.6 Å². The quantitative estimate of drug-likeness (QED) is 0.929. The van der Waals surface area contributed by atoms with Gasteiger partial charge in [0.25, 0.3) is 0 Å². The highest BCUT2D eigenvalue weighted by Crippen LogP contribution is 2.44. The number of halogens is 1. The number of benzene rings is 1. The molecular formula is C13H19BrO3. The SMILES string of the molecule is COc1cc(C)c(Br)c(C(C)(C)CO)c1OC. The third-order valence-corrected chi connectivity index (χ3v) is 3.88. The summed E-state index contributed by atoms with van der Waals surface area (Å²) < 4.78 is 11.7. The van der Waals surface area contributed by atoms with Gasteiger partial charge in [-0.15, -0.1) is 0 Å². The zero-order chi connectivity index (χ0) is 13.2. The molecule has 96 valence electrons. The first-order valence-electron chi connectivity index (χ1n) is 5.41. The molecular weight excluding hydrogens is 284 g/mol. The maximum absolute atomic E-state index is 9.53. The van der Waals surface area contributed by atoms with E-state index in [2.05, 4.69) is 15.9 Å². The Morgan fingerprint density at radius 3 is 2.29 bits per heavy atom. The van der Waals surface area contributed by atoms with E-state index in [1.54, 1.807) is 14.2 Å². The average molecular weight is 303 g/mol. The van der Waals surface area contributed by atoms with Crippen molar-refractivity contribution in [3.05, 3.63) is 21.7 Å². The van der Waals surface area contributed by atoms with E-state index >= 15 is 0 Å². The summed E-state index contributed by atoms with van der Waals surface area (Å²) >= 11 is 3.57. The van der Waals surface area contributed by atoms with Crippen LogP contribution in [0.1, 0.15) is 25.0 Å². The Labute approximate surface area is 111 Å². The van der Waals surface area contributed by atoms with E-state index in [1.165, 1.54) is 0 Å². The van der Waals surface area contributed by atoms with Crippen molar-refractivity contribution >= 4 is 15.9 Å². The molecule has 0 aliphatic carbocycles. The van der Waals surface area contributed by atoms with Crippen LogP contribution in [0, 0.1) is 6.92 Å². The van der Waals surface area contributed by atoms with Gasteiger partial charge in [-0.1, -0.05) is 29.8 Å². The molecule has 0 bridgehead atoms. The molecule has 0 atom stereocenters. The number of ether oxygens (including phenoxy) is 2. The lowest BCUT2D eigenvalue weighted by Crippen LogP contribution is -2.24. The lowest BCUT2D eigenvalue weighted by molar-refractivity contribution is 0.213. The summed E-state index contributed by atoms with van der Waals surface area (Å²) in [7, 11) is 3.22. The Morgan fingerprint density at radius 1 is 1.29 bits per heavy atom. The van der Waals surface area contributed by atoms with Gasteiger partial charge in [0, 0.05) is 15.5 Å². The predicted molar refractivity (Wildman–Crippen MR) is 72.1 cm³/mol. The molecule has 1 N–H and O–H groups in total. The van der Waals surface area contributed by atoms with E-state index in [-0.39, 0.29) is 6.61 Å². The average Bonchev–Trinajstić information content (AvgIpc) is 2.31. The third-order valence-electron chi connectivity index (χ3n) is 2.86. The summed E-state index contributed by atoms with van der Waals surface area (Å²) in [4.78, 5) is 0. The molecule has 0 fully saturated rings. The summed E-state index contributed by atoms with van der Waals surface area (Å²) in [5.74, 6) is 1.36. The number of methoxy groups -OCH3 is 2. The monoisotopic (exact) mass is 302 g/mol. The second-order valence-electron chi connectivity index (χ2n) is 4.66. The van der Waals surface area contributed by atoms with Crippen LogP contribution in [0.3, 0.4) is 0 Å². The summed E-state index contributed by atoms with van der Waals surface area (Å²) in [5.41, 5.74) is 1.59. The van der Waals surface area contributed by atoms with E-state index in [0.717, 1.165) is 15.6 Å². The second-order valence-corrected chi connectivity index (χ2v) is 5.45. The molecule has 1 aromatic rings. The van der Waals surface area contributed by atoms with E-state index in [4.69, 9.17) is 9.47 Å². The fraction of sp³-hybridized carbons (Fsp3) is 0.538. The van der Waals surface area contributed by atoms with Crippen molar-refractivity contribution in [3.8, 4) is 11.5 Å². The van der Waals surface area contributed by atoms with Crippen LogP contribution in [0.4, 0.5) is 0 Å². The highest BCUT2D eigenvalue weighted by molar-refractivity contribution is 9.10. The first-order chi connectivity index (χ1) is 7.88. The summed E-state index contributed by atoms with van der Waals surface area (Å²) in [6.07, 6.45) is 0. The molecule has 4 heteroatoms. The van der Waals surface area contributed by atoms with Gasteiger partial charge in [0.05, 0.1) is 20.8 Å². The molecule has 0 aliphatic rings. The van der Waals surface area contributed by atoms with Crippen molar-refractivity contribution in [2.75, 3.05) is 20.8 Å². The molecule has 0 saturated carbocycles. The summed E-state index contributed by atoms with van der Waals surface area (Å²) in [6.45, 7) is 5.96. The predicted octanol–water partition coefficient (Wildman–Crippen LogP) is 3.04. The second kappa shape index (κ2) is 5.27. The van der Waals surface area contributed by atoms with Gasteiger partial charge in [-0.25, -0.2) is 0 Å². The molecule has 0 heterocycles. The van der Waals surface area contributed by atoms with E-state index in [0.29, 0.717) is 11.5 Å². The molecule has 0 saturated heterocycles. The van der Waals surface area contributed by atoms with Crippen molar-refractivity contribution in [1.29, 1.82) is 0 Å². The standard InChI is InChI=1S/C13H19BrO3/c1-8-6-9(16-4)12(17-5)10(11(8)14)13(2,3)7-15/h6,15H,7H2,1-5H3. The Balaban J connectivity index is 3.60. The minimum Gasteiger partial charge on any atom is -0.493 e. The van der Waals surface area contributed by atoms with Gasteiger partial charge >= 0.3 is 0 Å². The first-order valence-corrected chi connectivity index (χ1v) is 6.20. The highest BCUT2D eigenvalue weighted by atomic mass is 79.9. The number of aliphatic hydroxyl groups is 1. The fourth-order valence-corrected chi connectivity index (χ4v) is 2.61. The van der Waals surface area contributed by atoms with Gasteiger partial charge in [0.2, 0.25) is 0 Å². The fourth-order valence-electron chi connectivity index (χ4n) is 1.78. The van der Waals surface area contributed by atoms with Crippen LogP contribution >= 0.6 is 15.9 Å². The molecule has 0 unspecified atom stereocenters. The van der Waals surface area contributed by atoms with Gasteiger partial charge in [-0.3, -0.25) is 0 Å². The maximum Gasteiger partial charge on any atom is 0.165 e. The highest BCUT2D eigenvalue weighted by Gasteiger charge is 2.29. The lowest BCUT2D eigenvalue weighted by atomic mass is 9.84. The van der Waals surface area contributed by atoms with Crippen LogP contribution in [-0.2, 0) is 5.41 Å². The smallest absolute Gasteiger partial charge is 0.165 e. The van der Waals surface area contributed by atoms with Crippen molar-refractivity contribution < 1.29 is 14.6 Å². The lowest BCUT2D eigenvalue weighted by Gasteiger charge is -2.28. The molecule has 0 spiro atoms. The molecule has 0 amide bonds. The van der Waals surface area contributed by atoms with E-state index < -0.39 is 5.41 Å². The molecule has 1 aromatic carbocycles. The Bertz CT molecular complexity index is 414. The maximum atomic E-state index is 9.53. The minimum atomic E-state index is -0.399. The molecule has 17 heavy (non-hydrogen) atoms. The Kier molecular flexibility index (Phi) is 4.44. The zero-order valence-corrected chi connectivity index (χ0v) is 12.5. The third kappa shape index (κ3) is 2.58. The molecule has 0 aromatic heterocycles. The molecule has 3 nitrogen and oxygen atoms in total. The van der Waals surface area contributed by atoms with Crippen molar-refractivity contribution in [3.63, 3.8) is 0 Å². The van der Waals surface area contributed by atoms with Crippen LogP contribution in [0.2, 0.25) is 0 Å². The molecule has 1 rings (SSSR count). The number of hydrogen-bond acceptors (Lipinski definition) is 3. The van der Waals surface area contributed by atoms with E-state index in [9.17, 15) is 5.11 Å². The first kappa shape index (κ1) is 14.3. The minimum absolute atomic E-state index is 0.0363.